The summed E-state index contributed by atoms with van der Waals surface area (Å²) < 4.78 is 6.81. The van der Waals surface area contributed by atoms with Crippen molar-refractivity contribution in [2.75, 3.05) is 11.9 Å². The van der Waals surface area contributed by atoms with E-state index in [9.17, 15) is 0 Å². The molecule has 27 heavy (non-hydrogen) atoms. The van der Waals surface area contributed by atoms with Crippen molar-refractivity contribution in [2.45, 2.75) is 57.2 Å². The minimum Gasteiger partial charge on any atom is -0.384 e. The molecular weight excluding hydrogens is 354 g/mol. The van der Waals surface area contributed by atoms with Crippen LogP contribution in [-0.4, -0.2) is 12.6 Å². The monoisotopic (exact) mass is 383 g/mol. The van der Waals surface area contributed by atoms with Crippen LogP contribution >= 0.6 is 12.4 Å². The van der Waals surface area contributed by atoms with Gasteiger partial charge in [-0.1, -0.05) is 55.7 Å². The Morgan fingerprint density at radius 3 is 2.41 bits per heavy atom. The van der Waals surface area contributed by atoms with E-state index < -0.39 is 0 Å². The summed E-state index contributed by atoms with van der Waals surface area (Å²) in [4.78, 5) is 0. The van der Waals surface area contributed by atoms with E-state index in [1.54, 1.807) is 0 Å². The Bertz CT molecular complexity index is 756. The molecule has 3 unspecified atom stereocenters. The third-order valence-electron chi connectivity index (χ3n) is 6.77. The van der Waals surface area contributed by atoms with Crippen molar-refractivity contribution in [2.24, 2.45) is 11.8 Å². The molecule has 2 aliphatic heterocycles. The van der Waals surface area contributed by atoms with Crippen LogP contribution in [0.3, 0.4) is 0 Å². The zero-order valence-electron chi connectivity index (χ0n) is 15.9. The molecule has 2 nitrogen and oxygen atoms in total. The molecule has 3 aliphatic rings. The van der Waals surface area contributed by atoms with Crippen molar-refractivity contribution in [1.29, 1.82) is 0 Å². The number of rotatable bonds is 2. The number of halogens is 1. The molecule has 3 heteroatoms. The number of hydrogen-bond donors (Lipinski definition) is 1. The van der Waals surface area contributed by atoms with Crippen molar-refractivity contribution >= 4 is 18.1 Å². The molecule has 0 aromatic heterocycles. The Balaban J connectivity index is 0.00000180. The summed E-state index contributed by atoms with van der Waals surface area (Å²) in [7, 11) is 0. The average molecular weight is 384 g/mol. The first-order valence-electron chi connectivity index (χ1n) is 10.5. The third kappa shape index (κ3) is 3.75. The summed E-state index contributed by atoms with van der Waals surface area (Å²) in [5.41, 5.74) is 5.24. The van der Waals surface area contributed by atoms with Gasteiger partial charge in [-0.25, -0.2) is 0 Å². The molecule has 2 fully saturated rings. The van der Waals surface area contributed by atoms with Gasteiger partial charge in [-0.15, -0.1) is 12.4 Å². The summed E-state index contributed by atoms with van der Waals surface area (Å²) >= 11 is 0. The maximum atomic E-state index is 6.81. The van der Waals surface area contributed by atoms with Crippen LogP contribution in [0.2, 0.25) is 0 Å². The molecule has 2 aromatic rings. The highest BCUT2D eigenvalue weighted by Gasteiger charge is 2.39. The zero-order valence-corrected chi connectivity index (χ0v) is 16.7. The second-order valence-corrected chi connectivity index (χ2v) is 8.38. The lowest BCUT2D eigenvalue weighted by Crippen LogP contribution is -2.40. The number of fused-ring (bicyclic) bond motifs is 3. The number of benzene rings is 2. The molecule has 3 atom stereocenters. The molecule has 0 radical (unpaired) electrons. The van der Waals surface area contributed by atoms with Crippen LogP contribution in [0, 0.1) is 11.8 Å². The molecule has 1 saturated heterocycles. The van der Waals surface area contributed by atoms with Gasteiger partial charge >= 0.3 is 0 Å². The fourth-order valence-electron chi connectivity index (χ4n) is 5.30. The molecular formula is C24H30ClNO. The summed E-state index contributed by atoms with van der Waals surface area (Å²) in [6, 6.07) is 17.6. The van der Waals surface area contributed by atoms with E-state index in [2.05, 4.69) is 53.8 Å². The molecule has 2 aromatic carbocycles. The minimum atomic E-state index is 0. The second-order valence-electron chi connectivity index (χ2n) is 8.38. The van der Waals surface area contributed by atoms with Crippen molar-refractivity contribution in [3.63, 3.8) is 0 Å². The zero-order chi connectivity index (χ0) is 17.3. The fourth-order valence-corrected chi connectivity index (χ4v) is 5.30. The molecule has 1 saturated carbocycles. The maximum Gasteiger partial charge on any atom is 0.0893 e. The standard InChI is InChI=1S/C24H29NO.ClH/c1-3-7-17(8-4-1)19-11-13-22-21(15-19)24-20(16-25-22)12-14-23(26-24)18-9-5-2-6-10-18;/h1,3-4,7-8,11,13,15,18,20,23-25H,2,5-6,9-10,12,14,16H2;1H. The molecule has 1 aliphatic carbocycles. The third-order valence-corrected chi connectivity index (χ3v) is 6.77. The van der Waals surface area contributed by atoms with Crippen LogP contribution in [-0.2, 0) is 4.74 Å². The molecule has 144 valence electrons. The normalized spacial score (nSPS) is 27.6. The van der Waals surface area contributed by atoms with Crippen LogP contribution in [0.5, 0.6) is 0 Å². The van der Waals surface area contributed by atoms with Gasteiger partial charge in [0.25, 0.3) is 0 Å². The Labute approximate surface area is 169 Å². The predicted molar refractivity (Wildman–Crippen MR) is 115 cm³/mol. The quantitative estimate of drug-likeness (QED) is 0.629. The Kier molecular flexibility index (Phi) is 5.75. The van der Waals surface area contributed by atoms with Gasteiger partial charge in [0.15, 0.2) is 0 Å². The largest absolute Gasteiger partial charge is 0.384 e. The number of hydrogen-bond acceptors (Lipinski definition) is 2. The van der Waals surface area contributed by atoms with E-state index >= 15 is 0 Å². The van der Waals surface area contributed by atoms with Crippen LogP contribution in [0.1, 0.15) is 56.6 Å². The Hall–Kier alpha value is -1.51. The molecule has 0 spiro atoms. The van der Waals surface area contributed by atoms with E-state index in [-0.39, 0.29) is 18.5 Å². The average Bonchev–Trinajstić information content (AvgIpc) is 2.74. The smallest absolute Gasteiger partial charge is 0.0893 e. The van der Waals surface area contributed by atoms with E-state index in [0.717, 1.165) is 12.5 Å². The van der Waals surface area contributed by atoms with Crippen LogP contribution in [0.15, 0.2) is 48.5 Å². The summed E-state index contributed by atoms with van der Waals surface area (Å²) in [6.07, 6.45) is 10.3. The molecule has 5 rings (SSSR count). The topological polar surface area (TPSA) is 21.3 Å². The first-order valence-corrected chi connectivity index (χ1v) is 10.5. The fraction of sp³-hybridized carbons (Fsp3) is 0.500. The predicted octanol–water partition coefficient (Wildman–Crippen LogP) is 6.62. The van der Waals surface area contributed by atoms with Gasteiger partial charge in [0.05, 0.1) is 12.2 Å². The van der Waals surface area contributed by atoms with Crippen molar-refractivity contribution in [3.8, 4) is 11.1 Å². The molecule has 2 heterocycles. The van der Waals surface area contributed by atoms with Gasteiger partial charge in [0.1, 0.15) is 0 Å². The number of ether oxygens (including phenoxy) is 1. The highest BCUT2D eigenvalue weighted by Crippen LogP contribution is 2.46. The van der Waals surface area contributed by atoms with Gasteiger partial charge in [-0.2, -0.15) is 0 Å². The first-order chi connectivity index (χ1) is 12.9. The molecule has 0 bridgehead atoms. The second kappa shape index (κ2) is 8.24. The first kappa shape index (κ1) is 18.8. The Morgan fingerprint density at radius 1 is 0.778 bits per heavy atom. The van der Waals surface area contributed by atoms with E-state index in [1.807, 2.05) is 0 Å². The number of anilines is 1. The van der Waals surface area contributed by atoms with Crippen LogP contribution in [0.4, 0.5) is 5.69 Å². The summed E-state index contributed by atoms with van der Waals surface area (Å²) in [5, 5.41) is 3.65. The lowest BCUT2D eigenvalue weighted by Gasteiger charge is -2.44. The van der Waals surface area contributed by atoms with Gasteiger partial charge in [-0.3, -0.25) is 0 Å². The van der Waals surface area contributed by atoms with Crippen molar-refractivity contribution < 1.29 is 4.74 Å². The highest BCUT2D eigenvalue weighted by atomic mass is 35.5. The lowest BCUT2D eigenvalue weighted by molar-refractivity contribution is -0.113. The van der Waals surface area contributed by atoms with Gasteiger partial charge in [-0.05, 0) is 54.9 Å². The van der Waals surface area contributed by atoms with Crippen molar-refractivity contribution in [1.82, 2.24) is 0 Å². The van der Waals surface area contributed by atoms with E-state index in [4.69, 9.17) is 4.74 Å². The maximum absolute atomic E-state index is 6.81. The molecule has 1 N–H and O–H groups in total. The summed E-state index contributed by atoms with van der Waals surface area (Å²) in [6.45, 7) is 1.06. The van der Waals surface area contributed by atoms with E-state index in [1.165, 1.54) is 67.3 Å². The van der Waals surface area contributed by atoms with Gasteiger partial charge in [0.2, 0.25) is 0 Å². The minimum absolute atomic E-state index is 0. The van der Waals surface area contributed by atoms with Crippen LogP contribution in [0.25, 0.3) is 11.1 Å². The lowest BCUT2D eigenvalue weighted by atomic mass is 9.78. The summed E-state index contributed by atoms with van der Waals surface area (Å²) in [5.74, 6) is 1.41. The van der Waals surface area contributed by atoms with Gasteiger partial charge < -0.3 is 10.1 Å². The highest BCUT2D eigenvalue weighted by molar-refractivity contribution is 5.85. The number of nitrogens with one attached hydrogen (secondary N) is 1. The Morgan fingerprint density at radius 2 is 1.59 bits per heavy atom. The molecule has 0 amide bonds. The van der Waals surface area contributed by atoms with Crippen molar-refractivity contribution in [3.05, 3.63) is 54.1 Å². The SMILES string of the molecule is Cl.c1ccc(-c2ccc3c(c2)C2OC(C4CCCCC4)CCC2CN3)cc1. The van der Waals surface area contributed by atoms with Crippen LogP contribution < -0.4 is 5.32 Å². The van der Waals surface area contributed by atoms with E-state index in [0.29, 0.717) is 12.0 Å². The van der Waals surface area contributed by atoms with Gasteiger partial charge in [0, 0.05) is 23.7 Å².